The largest absolute Gasteiger partial charge is 0.0984 e. The van der Waals surface area contributed by atoms with Crippen molar-refractivity contribution in [3.05, 3.63) is 121 Å². The van der Waals surface area contributed by atoms with Crippen molar-refractivity contribution in [2.45, 2.75) is 6.92 Å². The van der Waals surface area contributed by atoms with Crippen LogP contribution >= 0.6 is 0 Å². The van der Waals surface area contributed by atoms with Crippen molar-refractivity contribution >= 4 is 35.1 Å². The molecule has 0 N–H and O–H groups in total. The molecule has 0 nitrogen and oxygen atoms in total. The van der Waals surface area contributed by atoms with E-state index >= 15 is 0 Å². The van der Waals surface area contributed by atoms with Crippen LogP contribution in [0.4, 0.5) is 0 Å². The molecule has 0 heteroatoms. The highest BCUT2D eigenvalue weighted by Gasteiger charge is 2.20. The predicted molar refractivity (Wildman–Crippen MR) is 140 cm³/mol. The monoisotopic (exact) mass is 398 g/mol. The van der Waals surface area contributed by atoms with Crippen molar-refractivity contribution in [2.24, 2.45) is 0 Å². The van der Waals surface area contributed by atoms with Gasteiger partial charge in [0.15, 0.2) is 0 Å². The first-order valence-corrected chi connectivity index (χ1v) is 10.4. The zero-order valence-electron chi connectivity index (χ0n) is 18.0. The summed E-state index contributed by atoms with van der Waals surface area (Å²) in [5, 5.41) is 2.38. The smallest absolute Gasteiger partial charge is 0.00204 e. The summed E-state index contributed by atoms with van der Waals surface area (Å²) in [6.45, 7) is 18.5. The van der Waals surface area contributed by atoms with Gasteiger partial charge in [0.05, 0.1) is 0 Å². The average molecular weight is 399 g/mol. The molecule has 0 aromatic heterocycles. The Morgan fingerprint density at radius 3 is 1.71 bits per heavy atom. The third-order valence-corrected chi connectivity index (χ3v) is 5.88. The topological polar surface area (TPSA) is 0 Å². The SMILES string of the molecule is C=Cc1cccc(-c2c(C=C)c(C=C)c(-c3ccc(C)cc3)c3ccccc23)c1C=C. The lowest BCUT2D eigenvalue weighted by Crippen LogP contribution is -1.98. The summed E-state index contributed by atoms with van der Waals surface area (Å²) in [7, 11) is 0. The van der Waals surface area contributed by atoms with Crippen LogP contribution in [0.1, 0.15) is 27.8 Å². The van der Waals surface area contributed by atoms with Crippen LogP contribution in [0.3, 0.4) is 0 Å². The van der Waals surface area contributed by atoms with E-state index in [0.29, 0.717) is 0 Å². The summed E-state index contributed by atoms with van der Waals surface area (Å²) in [6, 6.07) is 23.5. The van der Waals surface area contributed by atoms with Crippen molar-refractivity contribution in [1.29, 1.82) is 0 Å². The first-order valence-electron chi connectivity index (χ1n) is 10.4. The van der Waals surface area contributed by atoms with E-state index in [-0.39, 0.29) is 0 Å². The summed E-state index contributed by atoms with van der Waals surface area (Å²) < 4.78 is 0. The lowest BCUT2D eigenvalue weighted by molar-refractivity contribution is 1.47. The maximum atomic E-state index is 4.19. The summed E-state index contributed by atoms with van der Waals surface area (Å²) >= 11 is 0. The lowest BCUT2D eigenvalue weighted by Gasteiger charge is -2.21. The summed E-state index contributed by atoms with van der Waals surface area (Å²) in [6.07, 6.45) is 7.69. The quantitative estimate of drug-likeness (QED) is 0.304. The molecule has 0 heterocycles. The Bertz CT molecular complexity index is 1330. The fourth-order valence-corrected chi connectivity index (χ4v) is 4.43. The van der Waals surface area contributed by atoms with Crippen molar-refractivity contribution in [2.75, 3.05) is 0 Å². The van der Waals surface area contributed by atoms with E-state index in [1.54, 1.807) is 0 Å². The first-order chi connectivity index (χ1) is 15.1. The highest BCUT2D eigenvalue weighted by molar-refractivity contribution is 6.12. The molecule has 0 atom stereocenters. The van der Waals surface area contributed by atoms with Crippen LogP contribution in [-0.2, 0) is 0 Å². The van der Waals surface area contributed by atoms with Crippen LogP contribution < -0.4 is 0 Å². The Morgan fingerprint density at radius 2 is 1.13 bits per heavy atom. The second kappa shape index (κ2) is 8.45. The lowest BCUT2D eigenvalue weighted by atomic mass is 9.81. The van der Waals surface area contributed by atoms with Crippen LogP contribution in [0.2, 0.25) is 0 Å². The fraction of sp³-hybridized carbons (Fsp3) is 0.0323. The molecular weight excluding hydrogens is 372 g/mol. The molecule has 31 heavy (non-hydrogen) atoms. The maximum Gasteiger partial charge on any atom is -0.00204 e. The third-order valence-electron chi connectivity index (χ3n) is 5.88. The minimum Gasteiger partial charge on any atom is -0.0984 e. The van der Waals surface area contributed by atoms with Crippen molar-refractivity contribution in [1.82, 2.24) is 0 Å². The van der Waals surface area contributed by atoms with Crippen LogP contribution in [0.15, 0.2) is 93.0 Å². The maximum absolute atomic E-state index is 4.19. The number of hydrogen-bond donors (Lipinski definition) is 0. The van der Waals surface area contributed by atoms with Crippen molar-refractivity contribution in [3.8, 4) is 22.3 Å². The van der Waals surface area contributed by atoms with Crippen LogP contribution in [0.25, 0.3) is 57.3 Å². The van der Waals surface area contributed by atoms with Gasteiger partial charge < -0.3 is 0 Å². The molecule has 0 saturated carbocycles. The molecule has 0 radical (unpaired) electrons. The number of hydrogen-bond acceptors (Lipinski definition) is 0. The molecule has 0 fully saturated rings. The van der Waals surface area contributed by atoms with E-state index < -0.39 is 0 Å². The minimum absolute atomic E-state index is 1.06. The fourth-order valence-electron chi connectivity index (χ4n) is 4.43. The highest BCUT2D eigenvalue weighted by atomic mass is 14.2. The van der Waals surface area contributed by atoms with E-state index in [9.17, 15) is 0 Å². The van der Waals surface area contributed by atoms with E-state index in [2.05, 4.69) is 100.0 Å². The number of fused-ring (bicyclic) bond motifs is 1. The van der Waals surface area contributed by atoms with Gasteiger partial charge in [-0.05, 0) is 62.2 Å². The molecule has 0 spiro atoms. The number of aryl methyl sites for hydroxylation is 1. The zero-order chi connectivity index (χ0) is 22.0. The van der Waals surface area contributed by atoms with Gasteiger partial charge in [-0.3, -0.25) is 0 Å². The second-order valence-corrected chi connectivity index (χ2v) is 7.61. The second-order valence-electron chi connectivity index (χ2n) is 7.61. The summed E-state index contributed by atoms with van der Waals surface area (Å²) in [4.78, 5) is 0. The number of rotatable bonds is 6. The van der Waals surface area contributed by atoms with Gasteiger partial charge in [0.25, 0.3) is 0 Å². The Hall–Kier alpha value is -3.90. The molecule has 0 bridgehead atoms. The molecule has 0 aliphatic carbocycles. The van der Waals surface area contributed by atoms with Gasteiger partial charge in [-0.25, -0.2) is 0 Å². The van der Waals surface area contributed by atoms with E-state index in [4.69, 9.17) is 0 Å². The molecule has 0 aliphatic heterocycles. The molecule has 150 valence electrons. The normalized spacial score (nSPS) is 10.6. The molecule has 4 rings (SSSR count). The van der Waals surface area contributed by atoms with Crippen LogP contribution in [0.5, 0.6) is 0 Å². The van der Waals surface area contributed by atoms with Gasteiger partial charge in [0.2, 0.25) is 0 Å². The highest BCUT2D eigenvalue weighted by Crippen LogP contribution is 2.44. The molecule has 4 aromatic carbocycles. The van der Waals surface area contributed by atoms with Gasteiger partial charge in [-0.2, -0.15) is 0 Å². The van der Waals surface area contributed by atoms with Gasteiger partial charge >= 0.3 is 0 Å². The van der Waals surface area contributed by atoms with Gasteiger partial charge in [0, 0.05) is 0 Å². The Morgan fingerprint density at radius 1 is 0.548 bits per heavy atom. The van der Waals surface area contributed by atoms with E-state index in [1.807, 2.05) is 24.3 Å². The summed E-state index contributed by atoms with van der Waals surface area (Å²) in [5.74, 6) is 0. The molecular formula is C31H26. The van der Waals surface area contributed by atoms with Crippen molar-refractivity contribution in [3.63, 3.8) is 0 Å². The van der Waals surface area contributed by atoms with Gasteiger partial charge in [0.1, 0.15) is 0 Å². The standard InChI is InChI=1S/C31H26/c1-6-22-13-12-16-27(24(22)7-2)31-26(9-4)25(8-3)30(23-19-17-21(5)18-20-23)28-14-10-11-15-29(28)31/h6-20H,1-4H2,5H3. The van der Waals surface area contributed by atoms with Crippen LogP contribution in [-0.4, -0.2) is 0 Å². The van der Waals surface area contributed by atoms with E-state index in [0.717, 1.165) is 33.4 Å². The minimum atomic E-state index is 1.06. The summed E-state index contributed by atoms with van der Waals surface area (Å²) in [5.41, 5.74) is 10.2. The molecule has 0 aliphatic rings. The average Bonchev–Trinajstić information content (AvgIpc) is 2.82. The molecule has 0 amide bonds. The third kappa shape index (κ3) is 3.37. The van der Waals surface area contributed by atoms with Crippen molar-refractivity contribution < 1.29 is 0 Å². The van der Waals surface area contributed by atoms with Gasteiger partial charge in [-0.1, -0.05) is 123 Å². The predicted octanol–water partition coefficient (Wildman–Crippen LogP) is 9.05. The van der Waals surface area contributed by atoms with Crippen LogP contribution in [0, 0.1) is 6.92 Å². The first kappa shape index (κ1) is 20.4. The Kier molecular flexibility index (Phi) is 5.56. The molecule has 0 unspecified atom stereocenters. The van der Waals surface area contributed by atoms with E-state index in [1.165, 1.54) is 27.5 Å². The molecule has 4 aromatic rings. The molecule has 0 saturated heterocycles. The number of benzene rings is 4. The van der Waals surface area contributed by atoms with Gasteiger partial charge in [-0.15, -0.1) is 0 Å². The zero-order valence-corrected chi connectivity index (χ0v) is 18.0. The Labute approximate surface area is 185 Å². The Balaban J connectivity index is 2.23.